The van der Waals surface area contributed by atoms with Crippen LogP contribution >= 0.6 is 0 Å². The molecule has 38 heavy (non-hydrogen) atoms. The Morgan fingerprint density at radius 1 is 0.974 bits per heavy atom. The molecule has 1 rings (SSSR count). The van der Waals surface area contributed by atoms with E-state index in [0.717, 1.165) is 37.7 Å². The fourth-order valence-corrected chi connectivity index (χ4v) is 5.25. The zero-order valence-corrected chi connectivity index (χ0v) is 24.8. The van der Waals surface area contributed by atoms with Gasteiger partial charge in [0, 0.05) is 20.8 Å². The predicted octanol–water partition coefficient (Wildman–Crippen LogP) is 4.70. The van der Waals surface area contributed by atoms with Gasteiger partial charge in [-0.3, -0.25) is 14.4 Å². The van der Waals surface area contributed by atoms with Crippen molar-refractivity contribution in [1.82, 2.24) is 0 Å². The maximum Gasteiger partial charge on any atom is 0.303 e. The Kier molecular flexibility index (Phi) is 14.0. The smallest absolute Gasteiger partial charge is 0.303 e. The lowest BCUT2D eigenvalue weighted by Crippen LogP contribution is -2.59. The molecule has 5 unspecified atom stereocenters. The highest BCUT2D eigenvalue weighted by Crippen LogP contribution is 2.42. The first-order chi connectivity index (χ1) is 17.6. The van der Waals surface area contributed by atoms with E-state index in [0.29, 0.717) is 19.6 Å². The molecule has 1 aliphatic rings. The second kappa shape index (κ2) is 15.6. The Balaban J connectivity index is 3.13. The second-order valence-electron chi connectivity index (χ2n) is 11.8. The summed E-state index contributed by atoms with van der Waals surface area (Å²) in [6.07, 6.45) is 1.56. The SMILES string of the molecule is C=C(CCN)C(C)(C)CC(C)(C)CCOC1OC(COC(C)=O)C(OC(C)=O)C(OC(C)=O)C1CCCC. The molecule has 0 radical (unpaired) electrons. The number of unbranched alkanes of at least 4 members (excludes halogenated alkanes) is 1. The molecule has 0 amide bonds. The summed E-state index contributed by atoms with van der Waals surface area (Å²) in [4.78, 5) is 35.6. The molecule has 1 fully saturated rings. The average Bonchev–Trinajstić information content (AvgIpc) is 2.77. The van der Waals surface area contributed by atoms with Crippen molar-refractivity contribution in [1.29, 1.82) is 0 Å². The molecule has 0 saturated carbocycles. The molecule has 0 aromatic rings. The van der Waals surface area contributed by atoms with Gasteiger partial charge in [-0.05, 0) is 43.1 Å². The van der Waals surface area contributed by atoms with Crippen LogP contribution < -0.4 is 5.73 Å². The van der Waals surface area contributed by atoms with Gasteiger partial charge in [0.15, 0.2) is 12.4 Å². The lowest BCUT2D eigenvalue weighted by atomic mass is 9.69. The zero-order valence-electron chi connectivity index (χ0n) is 24.8. The van der Waals surface area contributed by atoms with Crippen LogP contribution in [0.4, 0.5) is 0 Å². The van der Waals surface area contributed by atoms with Crippen molar-refractivity contribution in [3.63, 3.8) is 0 Å². The summed E-state index contributed by atoms with van der Waals surface area (Å²) in [6.45, 7) is 19.8. The number of hydrogen-bond acceptors (Lipinski definition) is 9. The Bertz CT molecular complexity index is 793. The van der Waals surface area contributed by atoms with Gasteiger partial charge < -0.3 is 29.4 Å². The maximum atomic E-state index is 12.1. The van der Waals surface area contributed by atoms with Crippen molar-refractivity contribution in [2.75, 3.05) is 19.8 Å². The zero-order chi connectivity index (χ0) is 29.1. The summed E-state index contributed by atoms with van der Waals surface area (Å²) in [6, 6.07) is 0. The molecule has 0 aliphatic carbocycles. The van der Waals surface area contributed by atoms with Gasteiger partial charge in [0.25, 0.3) is 0 Å². The van der Waals surface area contributed by atoms with Gasteiger partial charge in [-0.15, -0.1) is 0 Å². The van der Waals surface area contributed by atoms with Crippen LogP contribution in [0.5, 0.6) is 0 Å². The van der Waals surface area contributed by atoms with Crippen LogP contribution in [0.15, 0.2) is 12.2 Å². The second-order valence-corrected chi connectivity index (χ2v) is 11.8. The number of ether oxygens (including phenoxy) is 5. The number of esters is 3. The summed E-state index contributed by atoms with van der Waals surface area (Å²) >= 11 is 0. The molecular formula is C29H51NO8. The Hall–Kier alpha value is -1.97. The van der Waals surface area contributed by atoms with Crippen LogP contribution in [0.2, 0.25) is 0 Å². The van der Waals surface area contributed by atoms with E-state index in [-0.39, 0.29) is 23.4 Å². The minimum absolute atomic E-state index is 0.0542. The lowest BCUT2D eigenvalue weighted by molar-refractivity contribution is -0.293. The quantitative estimate of drug-likeness (QED) is 0.168. The van der Waals surface area contributed by atoms with Gasteiger partial charge >= 0.3 is 17.9 Å². The molecule has 0 aromatic carbocycles. The van der Waals surface area contributed by atoms with Crippen molar-refractivity contribution in [3.05, 3.63) is 12.2 Å². The summed E-state index contributed by atoms with van der Waals surface area (Å²) in [5, 5.41) is 0. The first-order valence-corrected chi connectivity index (χ1v) is 13.8. The molecule has 0 aromatic heterocycles. The molecule has 9 nitrogen and oxygen atoms in total. The standard InChI is InChI=1S/C29H51NO8/c1-10-11-12-23-25(36-21(4)32)26(37-22(5)33)24(17-35-20(3)31)38-27(23)34-16-14-28(6,7)18-29(8,9)19(2)13-15-30/h23-27H,2,10-18,30H2,1,3-9H3. The maximum absolute atomic E-state index is 12.1. The average molecular weight is 542 g/mol. The monoisotopic (exact) mass is 541 g/mol. The number of hydrogen-bond donors (Lipinski definition) is 1. The highest BCUT2D eigenvalue weighted by Gasteiger charge is 2.50. The van der Waals surface area contributed by atoms with E-state index in [1.807, 2.05) is 0 Å². The van der Waals surface area contributed by atoms with Gasteiger partial charge in [0.2, 0.25) is 0 Å². The number of rotatable bonds is 16. The third-order valence-electron chi connectivity index (χ3n) is 7.10. The summed E-state index contributed by atoms with van der Waals surface area (Å²) in [7, 11) is 0. The number of carbonyl (C=O) groups excluding carboxylic acids is 3. The van der Waals surface area contributed by atoms with Crippen molar-refractivity contribution in [2.24, 2.45) is 22.5 Å². The van der Waals surface area contributed by atoms with Crippen LogP contribution in [-0.2, 0) is 38.1 Å². The topological polar surface area (TPSA) is 123 Å². The molecule has 0 spiro atoms. The molecule has 1 saturated heterocycles. The highest BCUT2D eigenvalue weighted by molar-refractivity contribution is 5.67. The van der Waals surface area contributed by atoms with Crippen LogP contribution in [-0.4, -0.2) is 62.3 Å². The number of nitrogens with two attached hydrogens (primary N) is 1. The van der Waals surface area contributed by atoms with Gasteiger partial charge in [-0.25, -0.2) is 0 Å². The van der Waals surface area contributed by atoms with Crippen LogP contribution in [0.1, 0.15) is 93.9 Å². The largest absolute Gasteiger partial charge is 0.463 e. The molecule has 220 valence electrons. The molecule has 1 aliphatic heterocycles. The Labute approximate surface area is 229 Å². The van der Waals surface area contributed by atoms with Crippen molar-refractivity contribution in [2.45, 2.75) is 119 Å². The van der Waals surface area contributed by atoms with Crippen LogP contribution in [0.25, 0.3) is 0 Å². The fraction of sp³-hybridized carbons (Fsp3) is 0.828. The molecule has 0 bridgehead atoms. The predicted molar refractivity (Wildman–Crippen MR) is 145 cm³/mol. The van der Waals surface area contributed by atoms with E-state index in [2.05, 4.69) is 41.2 Å². The molecule has 9 heteroatoms. The lowest BCUT2D eigenvalue weighted by Gasteiger charge is -2.45. The van der Waals surface area contributed by atoms with Gasteiger partial charge in [0.05, 0.1) is 12.5 Å². The van der Waals surface area contributed by atoms with E-state index >= 15 is 0 Å². The fourth-order valence-electron chi connectivity index (χ4n) is 5.25. The van der Waals surface area contributed by atoms with Crippen molar-refractivity contribution >= 4 is 17.9 Å². The first kappa shape index (κ1) is 34.1. The van der Waals surface area contributed by atoms with Crippen molar-refractivity contribution < 1.29 is 38.1 Å². The Morgan fingerprint density at radius 2 is 1.58 bits per heavy atom. The van der Waals surface area contributed by atoms with Gasteiger partial charge in [-0.1, -0.05) is 59.6 Å². The third kappa shape index (κ3) is 11.4. The van der Waals surface area contributed by atoms with Gasteiger partial charge in [0.1, 0.15) is 18.8 Å². The van der Waals surface area contributed by atoms with E-state index in [9.17, 15) is 14.4 Å². The molecule has 1 heterocycles. The minimum Gasteiger partial charge on any atom is -0.463 e. The molecule has 5 atom stereocenters. The van der Waals surface area contributed by atoms with Gasteiger partial charge in [-0.2, -0.15) is 0 Å². The summed E-state index contributed by atoms with van der Waals surface area (Å²) in [5.41, 5.74) is 6.76. The van der Waals surface area contributed by atoms with Crippen LogP contribution in [0.3, 0.4) is 0 Å². The summed E-state index contributed by atoms with van der Waals surface area (Å²) < 4.78 is 29.0. The van der Waals surface area contributed by atoms with E-state index < -0.39 is 42.5 Å². The van der Waals surface area contributed by atoms with E-state index in [4.69, 9.17) is 29.4 Å². The number of carbonyl (C=O) groups is 3. The summed E-state index contributed by atoms with van der Waals surface area (Å²) in [5.74, 6) is -1.90. The highest BCUT2D eigenvalue weighted by atomic mass is 16.7. The van der Waals surface area contributed by atoms with E-state index in [1.54, 1.807) is 0 Å². The van der Waals surface area contributed by atoms with Crippen LogP contribution in [0, 0.1) is 16.7 Å². The normalized spacial score (nSPS) is 24.0. The minimum atomic E-state index is -0.928. The molecular weight excluding hydrogens is 490 g/mol. The van der Waals surface area contributed by atoms with E-state index in [1.165, 1.54) is 20.8 Å². The van der Waals surface area contributed by atoms with Crippen molar-refractivity contribution in [3.8, 4) is 0 Å². The third-order valence-corrected chi connectivity index (χ3v) is 7.10. The Morgan fingerprint density at radius 3 is 2.11 bits per heavy atom. The molecule has 2 N–H and O–H groups in total. The first-order valence-electron chi connectivity index (χ1n) is 13.8.